The quantitative estimate of drug-likeness (QED) is 0.857. The Morgan fingerprint density at radius 2 is 1.97 bits per heavy atom. The van der Waals surface area contributed by atoms with Gasteiger partial charge in [0.05, 0.1) is 5.69 Å². The maximum absolute atomic E-state index is 13.2. The number of nitrogens with one attached hydrogen (secondary N) is 1. The number of hydrogen-bond acceptors (Lipinski definition) is 3. The van der Waals surface area contributed by atoms with Crippen LogP contribution in [0.3, 0.4) is 0 Å². The van der Waals surface area contributed by atoms with Crippen molar-refractivity contribution in [2.45, 2.75) is 59.4 Å². The Morgan fingerprint density at radius 1 is 1.14 bits per heavy atom. The second-order valence-corrected chi connectivity index (χ2v) is 8.61. The Kier molecular flexibility index (Phi) is 5.43. The van der Waals surface area contributed by atoms with Gasteiger partial charge in [0.25, 0.3) is 11.8 Å². The minimum atomic E-state index is -0.228. The number of hydrogen-bond donors (Lipinski definition) is 1. The summed E-state index contributed by atoms with van der Waals surface area (Å²) in [5.41, 5.74) is 4.26. The number of aryl methyl sites for hydroxylation is 2. The smallest absolute Gasteiger partial charge is 0.289 e. The summed E-state index contributed by atoms with van der Waals surface area (Å²) in [6.45, 7) is 8.49. The van der Waals surface area contributed by atoms with Crippen molar-refractivity contribution in [1.29, 1.82) is 0 Å². The van der Waals surface area contributed by atoms with E-state index in [-0.39, 0.29) is 11.8 Å². The molecule has 29 heavy (non-hydrogen) atoms. The summed E-state index contributed by atoms with van der Waals surface area (Å²) in [7, 11) is 0. The van der Waals surface area contributed by atoms with Gasteiger partial charge in [-0.1, -0.05) is 24.6 Å². The normalized spacial score (nSPS) is 19.0. The Balaban J connectivity index is 1.64. The van der Waals surface area contributed by atoms with E-state index in [1.165, 1.54) is 0 Å². The molecule has 6 nitrogen and oxygen atoms in total. The molecule has 2 aliphatic heterocycles. The number of rotatable bonds is 3. The van der Waals surface area contributed by atoms with E-state index in [0.717, 1.165) is 74.2 Å². The molecule has 1 atom stereocenters. The summed E-state index contributed by atoms with van der Waals surface area (Å²) < 4.78 is 1.99. The van der Waals surface area contributed by atoms with Crippen LogP contribution >= 0.6 is 0 Å². The number of piperidine rings is 1. The summed E-state index contributed by atoms with van der Waals surface area (Å²) in [4.78, 5) is 32.8. The first kappa shape index (κ1) is 19.7. The van der Waals surface area contributed by atoms with Gasteiger partial charge in [0, 0.05) is 25.3 Å². The average Bonchev–Trinajstić information content (AvgIpc) is 3.09. The molecule has 2 amide bonds. The number of aromatic nitrogens is 2. The predicted octanol–water partition coefficient (Wildman–Crippen LogP) is 3.96. The minimum Gasteiger partial charge on any atom is -0.336 e. The molecule has 4 rings (SSSR count). The van der Waals surface area contributed by atoms with Gasteiger partial charge in [0.2, 0.25) is 0 Å². The lowest BCUT2D eigenvalue weighted by atomic mass is 10.0. The first-order valence-electron chi connectivity index (χ1n) is 10.7. The van der Waals surface area contributed by atoms with Crippen molar-refractivity contribution >= 4 is 17.5 Å². The van der Waals surface area contributed by atoms with E-state index in [1.54, 1.807) is 0 Å². The number of nitrogens with zero attached hydrogens (tertiary/aromatic N) is 3. The summed E-state index contributed by atoms with van der Waals surface area (Å²) in [6, 6.07) is 5.95. The monoisotopic (exact) mass is 394 g/mol. The summed E-state index contributed by atoms with van der Waals surface area (Å²) in [5.74, 6) is 0.675. The van der Waals surface area contributed by atoms with Crippen molar-refractivity contribution in [3.8, 4) is 0 Å². The molecule has 0 saturated carbocycles. The van der Waals surface area contributed by atoms with E-state index in [0.29, 0.717) is 17.4 Å². The minimum absolute atomic E-state index is 0.0368. The van der Waals surface area contributed by atoms with Crippen LogP contribution < -0.4 is 5.32 Å². The molecule has 1 saturated heterocycles. The lowest BCUT2D eigenvalue weighted by molar-refractivity contribution is 0.0664. The molecule has 3 heterocycles. The topological polar surface area (TPSA) is 67.2 Å². The largest absolute Gasteiger partial charge is 0.336 e. The SMILES string of the molecule is Cc1ccc(NC(=O)c2nc(C(=O)N3CCCC(C)C3)n3c2CCCC3)c(C)c1. The fraction of sp³-hybridized carbons (Fsp3) is 0.522. The molecule has 2 aromatic rings. The van der Waals surface area contributed by atoms with Crippen LogP contribution in [0.5, 0.6) is 0 Å². The Bertz CT molecular complexity index is 947. The van der Waals surface area contributed by atoms with E-state index in [4.69, 9.17) is 0 Å². The first-order valence-corrected chi connectivity index (χ1v) is 10.7. The lowest BCUT2D eigenvalue weighted by Gasteiger charge is -2.31. The lowest BCUT2D eigenvalue weighted by Crippen LogP contribution is -2.40. The highest BCUT2D eigenvalue weighted by molar-refractivity contribution is 6.05. The molecule has 0 aliphatic carbocycles. The number of anilines is 1. The van der Waals surface area contributed by atoms with E-state index in [2.05, 4.69) is 17.2 Å². The first-order chi connectivity index (χ1) is 13.9. The molecule has 1 fully saturated rings. The molecular weight excluding hydrogens is 364 g/mol. The summed E-state index contributed by atoms with van der Waals surface area (Å²) >= 11 is 0. The molecule has 1 unspecified atom stereocenters. The van der Waals surface area contributed by atoms with Gasteiger partial charge >= 0.3 is 0 Å². The number of amides is 2. The van der Waals surface area contributed by atoms with E-state index in [1.807, 2.05) is 41.5 Å². The molecule has 6 heteroatoms. The van der Waals surface area contributed by atoms with Crippen LogP contribution in [0.1, 0.15) is 70.5 Å². The highest BCUT2D eigenvalue weighted by atomic mass is 16.2. The number of fused-ring (bicyclic) bond motifs is 1. The van der Waals surface area contributed by atoms with Crippen LogP contribution in [0.15, 0.2) is 18.2 Å². The van der Waals surface area contributed by atoms with Gasteiger partial charge < -0.3 is 14.8 Å². The molecule has 0 radical (unpaired) electrons. The number of carbonyl (C=O) groups excluding carboxylic acids is 2. The number of likely N-dealkylation sites (tertiary alicyclic amines) is 1. The number of benzene rings is 1. The van der Waals surface area contributed by atoms with Crippen LogP contribution in [0.4, 0.5) is 5.69 Å². The summed E-state index contributed by atoms with van der Waals surface area (Å²) in [5, 5.41) is 3.00. The third-order valence-corrected chi connectivity index (χ3v) is 6.10. The van der Waals surface area contributed by atoms with Crippen molar-refractivity contribution in [3.05, 3.63) is 46.5 Å². The van der Waals surface area contributed by atoms with Crippen LogP contribution in [-0.2, 0) is 13.0 Å². The second-order valence-electron chi connectivity index (χ2n) is 8.61. The molecule has 1 N–H and O–H groups in total. The van der Waals surface area contributed by atoms with E-state index in [9.17, 15) is 9.59 Å². The van der Waals surface area contributed by atoms with Crippen LogP contribution in [0.2, 0.25) is 0 Å². The Morgan fingerprint density at radius 3 is 2.72 bits per heavy atom. The van der Waals surface area contributed by atoms with Gasteiger partial charge in [-0.3, -0.25) is 9.59 Å². The zero-order valence-electron chi connectivity index (χ0n) is 17.6. The maximum atomic E-state index is 13.2. The molecule has 1 aromatic heterocycles. The van der Waals surface area contributed by atoms with Gasteiger partial charge in [-0.25, -0.2) is 4.98 Å². The Hall–Kier alpha value is -2.63. The standard InChI is InChI=1S/C23H30N4O2/c1-15-9-10-18(17(3)13-15)24-22(28)20-19-8-4-5-12-27(19)21(25-20)23(29)26-11-6-7-16(2)14-26/h9-10,13,16H,4-8,11-12,14H2,1-3H3,(H,24,28). The van der Waals surface area contributed by atoms with Gasteiger partial charge in [0.1, 0.15) is 0 Å². The van der Waals surface area contributed by atoms with E-state index < -0.39 is 0 Å². The van der Waals surface area contributed by atoms with Gasteiger partial charge in [-0.15, -0.1) is 0 Å². The van der Waals surface area contributed by atoms with Gasteiger partial charge in [0.15, 0.2) is 11.5 Å². The molecule has 0 bridgehead atoms. The van der Waals surface area contributed by atoms with Gasteiger partial charge in [-0.05, 0) is 63.5 Å². The number of carbonyl (C=O) groups is 2. The molecule has 0 spiro atoms. The highest BCUT2D eigenvalue weighted by Crippen LogP contribution is 2.25. The van der Waals surface area contributed by atoms with Crippen molar-refractivity contribution in [2.75, 3.05) is 18.4 Å². The zero-order chi connectivity index (χ0) is 20.5. The predicted molar refractivity (Wildman–Crippen MR) is 113 cm³/mol. The highest BCUT2D eigenvalue weighted by Gasteiger charge is 2.31. The molecule has 1 aromatic carbocycles. The van der Waals surface area contributed by atoms with Crippen LogP contribution in [-0.4, -0.2) is 39.4 Å². The Labute approximate surface area is 172 Å². The fourth-order valence-electron chi connectivity index (χ4n) is 4.54. The van der Waals surface area contributed by atoms with Gasteiger partial charge in [-0.2, -0.15) is 0 Å². The number of imidazole rings is 1. The van der Waals surface area contributed by atoms with Crippen LogP contribution in [0.25, 0.3) is 0 Å². The molecule has 154 valence electrons. The van der Waals surface area contributed by atoms with Crippen molar-refractivity contribution in [1.82, 2.24) is 14.5 Å². The third-order valence-electron chi connectivity index (χ3n) is 6.10. The van der Waals surface area contributed by atoms with Crippen LogP contribution in [0, 0.1) is 19.8 Å². The van der Waals surface area contributed by atoms with E-state index >= 15 is 0 Å². The molecule has 2 aliphatic rings. The fourth-order valence-corrected chi connectivity index (χ4v) is 4.54. The zero-order valence-corrected chi connectivity index (χ0v) is 17.6. The summed E-state index contributed by atoms with van der Waals surface area (Å²) in [6.07, 6.45) is 5.00. The maximum Gasteiger partial charge on any atom is 0.289 e. The second kappa shape index (κ2) is 8.01. The van der Waals surface area contributed by atoms with Crippen molar-refractivity contribution in [3.63, 3.8) is 0 Å². The molecular formula is C23H30N4O2. The van der Waals surface area contributed by atoms with Crippen molar-refractivity contribution in [2.24, 2.45) is 5.92 Å². The third kappa shape index (κ3) is 3.93. The van der Waals surface area contributed by atoms with Crippen molar-refractivity contribution < 1.29 is 9.59 Å². The average molecular weight is 395 g/mol.